The van der Waals surface area contributed by atoms with Crippen LogP contribution in [0.3, 0.4) is 0 Å². The van der Waals surface area contributed by atoms with E-state index in [1.54, 1.807) is 0 Å². The maximum absolute atomic E-state index is 13.5. The molecule has 4 rings (SSSR count). The van der Waals surface area contributed by atoms with Crippen LogP contribution in [-0.2, 0) is 16.1 Å². The van der Waals surface area contributed by atoms with Crippen molar-refractivity contribution in [2.24, 2.45) is 5.41 Å². The lowest BCUT2D eigenvalue weighted by atomic mass is 9.67. The van der Waals surface area contributed by atoms with E-state index in [1.165, 1.54) is 4.90 Å². The molecule has 2 aromatic carbocycles. The number of hydrogen-bond donors (Lipinski definition) is 0. The van der Waals surface area contributed by atoms with Gasteiger partial charge in [-0.2, -0.15) is 0 Å². The maximum atomic E-state index is 13.5. The second kappa shape index (κ2) is 7.83. The zero-order valence-electron chi connectivity index (χ0n) is 15.5. The first-order valence-electron chi connectivity index (χ1n) is 9.25. The van der Waals surface area contributed by atoms with Crippen molar-refractivity contribution in [2.45, 2.75) is 25.3 Å². The molecule has 4 nitrogen and oxygen atoms in total. The molecule has 0 N–H and O–H groups in total. The molecule has 27 heavy (non-hydrogen) atoms. The van der Waals surface area contributed by atoms with E-state index in [2.05, 4.69) is 11.9 Å². The van der Waals surface area contributed by atoms with Crippen LogP contribution in [0.1, 0.15) is 29.9 Å². The van der Waals surface area contributed by atoms with Gasteiger partial charge in [0.05, 0.1) is 17.9 Å². The minimum atomic E-state index is -0.597. The van der Waals surface area contributed by atoms with Crippen molar-refractivity contribution in [3.8, 4) is 0 Å². The van der Waals surface area contributed by atoms with Crippen LogP contribution >= 0.6 is 12.4 Å². The van der Waals surface area contributed by atoms with Crippen molar-refractivity contribution >= 4 is 24.2 Å². The average Bonchev–Trinajstić information content (AvgIpc) is 2.87. The summed E-state index contributed by atoms with van der Waals surface area (Å²) in [5.41, 5.74) is 1.36. The van der Waals surface area contributed by atoms with Gasteiger partial charge in [-0.15, -0.1) is 12.4 Å². The number of rotatable bonds is 3. The van der Waals surface area contributed by atoms with Crippen LogP contribution in [0.2, 0.25) is 0 Å². The molecule has 1 spiro atoms. The zero-order chi connectivity index (χ0) is 18.1. The summed E-state index contributed by atoms with van der Waals surface area (Å²) >= 11 is 0. The lowest BCUT2D eigenvalue weighted by Gasteiger charge is -2.39. The summed E-state index contributed by atoms with van der Waals surface area (Å²) in [5, 5.41) is 0. The van der Waals surface area contributed by atoms with E-state index >= 15 is 0 Å². The first-order valence-corrected chi connectivity index (χ1v) is 9.25. The summed E-state index contributed by atoms with van der Waals surface area (Å²) in [7, 11) is 2.08. The van der Waals surface area contributed by atoms with Crippen LogP contribution in [0.5, 0.6) is 0 Å². The number of likely N-dealkylation sites (tertiary alicyclic amines) is 2. The number of carbonyl (C=O) groups is 2. The topological polar surface area (TPSA) is 40.6 Å². The highest BCUT2D eigenvalue weighted by molar-refractivity contribution is 6.10. The second-order valence-electron chi connectivity index (χ2n) is 7.52. The third-order valence-electron chi connectivity index (χ3n) is 5.93. The first kappa shape index (κ1) is 19.6. The summed E-state index contributed by atoms with van der Waals surface area (Å²) in [4.78, 5) is 30.6. The maximum Gasteiger partial charge on any atom is 0.238 e. The molecule has 0 bridgehead atoms. The summed E-state index contributed by atoms with van der Waals surface area (Å²) in [6.07, 6.45) is 1.47. The van der Waals surface area contributed by atoms with Crippen molar-refractivity contribution in [2.75, 3.05) is 20.1 Å². The highest BCUT2D eigenvalue weighted by Crippen LogP contribution is 2.51. The Morgan fingerprint density at radius 3 is 2.07 bits per heavy atom. The molecule has 2 aliphatic rings. The van der Waals surface area contributed by atoms with Crippen LogP contribution in [0, 0.1) is 5.41 Å². The van der Waals surface area contributed by atoms with Crippen LogP contribution in [0.15, 0.2) is 60.7 Å². The van der Waals surface area contributed by atoms with E-state index in [0.29, 0.717) is 6.54 Å². The fourth-order valence-electron chi connectivity index (χ4n) is 4.43. The van der Waals surface area contributed by atoms with Gasteiger partial charge in [0.15, 0.2) is 0 Å². The number of hydrogen-bond acceptors (Lipinski definition) is 3. The molecular formula is C22H25ClN2O2. The van der Waals surface area contributed by atoms with Crippen molar-refractivity contribution in [3.63, 3.8) is 0 Å². The van der Waals surface area contributed by atoms with Gasteiger partial charge in [0.25, 0.3) is 0 Å². The monoisotopic (exact) mass is 384 g/mol. The van der Waals surface area contributed by atoms with Crippen LogP contribution in [0.4, 0.5) is 0 Å². The molecule has 0 aliphatic carbocycles. The van der Waals surface area contributed by atoms with E-state index < -0.39 is 5.41 Å². The molecule has 2 aromatic rings. The molecule has 2 heterocycles. The molecule has 142 valence electrons. The Morgan fingerprint density at radius 2 is 1.48 bits per heavy atom. The molecule has 2 amide bonds. The summed E-state index contributed by atoms with van der Waals surface area (Å²) in [6.45, 7) is 2.06. The van der Waals surface area contributed by atoms with Crippen molar-refractivity contribution in [1.29, 1.82) is 0 Å². The van der Waals surface area contributed by atoms with Gasteiger partial charge in [0, 0.05) is 0 Å². The molecule has 0 radical (unpaired) electrons. The number of imide groups is 1. The van der Waals surface area contributed by atoms with E-state index in [4.69, 9.17) is 0 Å². The Morgan fingerprint density at radius 1 is 0.926 bits per heavy atom. The number of halogens is 1. The molecular weight excluding hydrogens is 360 g/mol. The molecule has 2 aliphatic heterocycles. The predicted molar refractivity (Wildman–Crippen MR) is 108 cm³/mol. The van der Waals surface area contributed by atoms with Gasteiger partial charge in [0.1, 0.15) is 0 Å². The molecule has 1 unspecified atom stereocenters. The minimum absolute atomic E-state index is 0. The van der Waals surface area contributed by atoms with Gasteiger partial charge in [-0.05, 0) is 44.1 Å². The first-order chi connectivity index (χ1) is 12.6. The van der Waals surface area contributed by atoms with Gasteiger partial charge >= 0.3 is 0 Å². The standard InChI is InChI=1S/C22H24N2O2.ClH/c1-23-14-12-22(13-15-23)19(18-10-6-3-7-11-18)20(25)24(21(22)26)16-17-8-4-2-5-9-17;/h2-11,19H,12-16H2,1H3;1H. The molecule has 0 saturated carbocycles. The summed E-state index contributed by atoms with van der Waals surface area (Å²) in [5.74, 6) is -0.406. The molecule has 2 fully saturated rings. The van der Waals surface area contributed by atoms with Crippen molar-refractivity contribution in [3.05, 3.63) is 71.8 Å². The lowest BCUT2D eigenvalue weighted by Crippen LogP contribution is -2.45. The number of benzene rings is 2. The van der Waals surface area contributed by atoms with Gasteiger partial charge in [-0.1, -0.05) is 60.7 Å². The Kier molecular flexibility index (Phi) is 5.68. The normalized spacial score (nSPS) is 22.1. The van der Waals surface area contributed by atoms with E-state index in [9.17, 15) is 9.59 Å². The van der Waals surface area contributed by atoms with E-state index in [-0.39, 0.29) is 30.1 Å². The molecule has 2 saturated heterocycles. The second-order valence-corrected chi connectivity index (χ2v) is 7.52. The highest BCUT2D eigenvalue weighted by atomic mass is 35.5. The van der Waals surface area contributed by atoms with Crippen molar-refractivity contribution < 1.29 is 9.59 Å². The van der Waals surface area contributed by atoms with Gasteiger partial charge in [-0.3, -0.25) is 14.5 Å². The average molecular weight is 385 g/mol. The summed E-state index contributed by atoms with van der Waals surface area (Å²) < 4.78 is 0. The third-order valence-corrected chi connectivity index (χ3v) is 5.93. The highest BCUT2D eigenvalue weighted by Gasteiger charge is 2.59. The number of carbonyl (C=O) groups excluding carboxylic acids is 2. The molecule has 0 aromatic heterocycles. The minimum Gasteiger partial charge on any atom is -0.306 e. The van der Waals surface area contributed by atoms with Gasteiger partial charge < -0.3 is 4.90 Å². The number of piperidine rings is 1. The largest absolute Gasteiger partial charge is 0.306 e. The molecule has 1 atom stereocenters. The SMILES string of the molecule is CN1CCC2(CC1)C(=O)N(Cc1ccccc1)C(=O)C2c1ccccc1.Cl. The predicted octanol–water partition coefficient (Wildman–Crippen LogP) is 3.47. The smallest absolute Gasteiger partial charge is 0.238 e. The van der Waals surface area contributed by atoms with Crippen LogP contribution in [-0.4, -0.2) is 41.8 Å². The number of amides is 2. The summed E-state index contributed by atoms with van der Waals surface area (Å²) in [6, 6.07) is 19.6. The van der Waals surface area contributed by atoms with E-state index in [1.807, 2.05) is 60.7 Å². The van der Waals surface area contributed by atoms with Gasteiger partial charge in [0.2, 0.25) is 11.8 Å². The van der Waals surface area contributed by atoms with Crippen LogP contribution < -0.4 is 0 Å². The third kappa shape index (κ3) is 3.40. The fourth-order valence-corrected chi connectivity index (χ4v) is 4.43. The Bertz CT molecular complexity index is 802. The zero-order valence-corrected chi connectivity index (χ0v) is 16.3. The Hall–Kier alpha value is -2.17. The Labute approximate surface area is 166 Å². The van der Waals surface area contributed by atoms with Crippen molar-refractivity contribution in [1.82, 2.24) is 9.80 Å². The fraction of sp³-hybridized carbons (Fsp3) is 0.364. The number of nitrogens with zero attached hydrogens (tertiary/aromatic N) is 2. The quantitative estimate of drug-likeness (QED) is 0.761. The van der Waals surface area contributed by atoms with Gasteiger partial charge in [-0.25, -0.2) is 0 Å². The Balaban J connectivity index is 0.00000210. The lowest BCUT2D eigenvalue weighted by molar-refractivity contribution is -0.143. The van der Waals surface area contributed by atoms with E-state index in [0.717, 1.165) is 37.1 Å². The van der Waals surface area contributed by atoms with Crippen LogP contribution in [0.25, 0.3) is 0 Å². The molecule has 5 heteroatoms.